The van der Waals surface area contributed by atoms with Gasteiger partial charge in [0, 0.05) is 36.5 Å². The molecule has 132 valence electrons. The first-order valence-electron chi connectivity index (χ1n) is 8.80. The van der Waals surface area contributed by atoms with Crippen LogP contribution in [0.3, 0.4) is 0 Å². The number of rotatable bonds is 5. The average molecular weight is 348 g/mol. The minimum absolute atomic E-state index is 0.0443. The van der Waals surface area contributed by atoms with E-state index in [2.05, 4.69) is 16.9 Å². The normalized spacial score (nSPS) is 15.6. The maximum Gasteiger partial charge on any atom is 0.255 e. The quantitative estimate of drug-likeness (QED) is 0.827. The molecule has 2 heterocycles. The van der Waals surface area contributed by atoms with Gasteiger partial charge < -0.3 is 4.90 Å². The van der Waals surface area contributed by atoms with E-state index in [1.54, 1.807) is 18.2 Å². The van der Waals surface area contributed by atoms with Crippen LogP contribution in [0.2, 0.25) is 0 Å². The Labute approximate surface area is 152 Å². The van der Waals surface area contributed by atoms with Crippen LogP contribution in [-0.4, -0.2) is 40.9 Å². The van der Waals surface area contributed by atoms with Crippen LogP contribution >= 0.6 is 0 Å². The van der Waals surface area contributed by atoms with E-state index in [1.807, 2.05) is 17.9 Å². The Balaban J connectivity index is 1.99. The first-order chi connectivity index (χ1) is 12.6. The molecule has 1 amide bonds. The van der Waals surface area contributed by atoms with Crippen LogP contribution in [0, 0.1) is 17.2 Å². The molecule has 0 aliphatic carbocycles. The first-order valence-corrected chi connectivity index (χ1v) is 8.80. The number of amides is 1. The van der Waals surface area contributed by atoms with Gasteiger partial charge >= 0.3 is 0 Å². The fourth-order valence-electron chi connectivity index (χ4n) is 3.04. The van der Waals surface area contributed by atoms with Gasteiger partial charge in [-0.15, -0.1) is 0 Å². The second-order valence-electron chi connectivity index (χ2n) is 6.25. The SMILES string of the molecule is CCCCN(CC)C(=O)c1cnc2c3c(ccc2c1)C(=O)C(C#N)C=N3. The third-order valence-corrected chi connectivity index (χ3v) is 4.56. The number of pyridine rings is 1. The molecule has 1 aliphatic rings. The minimum atomic E-state index is -0.850. The van der Waals surface area contributed by atoms with E-state index in [1.165, 1.54) is 12.4 Å². The number of nitrogens with zero attached hydrogens (tertiary/aromatic N) is 4. The number of Topliss-reactive ketones (excluding diaryl/α,β-unsaturated/α-hetero) is 1. The average Bonchev–Trinajstić information content (AvgIpc) is 2.68. The number of hydrogen-bond donors (Lipinski definition) is 0. The van der Waals surface area contributed by atoms with Gasteiger partial charge in [-0.1, -0.05) is 19.4 Å². The summed E-state index contributed by atoms with van der Waals surface area (Å²) in [4.78, 5) is 35.5. The van der Waals surface area contributed by atoms with Crippen LogP contribution in [-0.2, 0) is 0 Å². The monoisotopic (exact) mass is 348 g/mol. The van der Waals surface area contributed by atoms with Gasteiger partial charge in [-0.2, -0.15) is 5.26 Å². The molecule has 0 saturated carbocycles. The topological polar surface area (TPSA) is 86.4 Å². The number of aromatic nitrogens is 1. The second-order valence-corrected chi connectivity index (χ2v) is 6.25. The van der Waals surface area contributed by atoms with Crippen molar-refractivity contribution in [2.24, 2.45) is 10.9 Å². The van der Waals surface area contributed by atoms with Gasteiger partial charge in [-0.25, -0.2) is 0 Å². The maximum atomic E-state index is 12.7. The van der Waals surface area contributed by atoms with Crippen molar-refractivity contribution < 1.29 is 9.59 Å². The summed E-state index contributed by atoms with van der Waals surface area (Å²) < 4.78 is 0. The lowest BCUT2D eigenvalue weighted by Gasteiger charge is -2.21. The van der Waals surface area contributed by atoms with Gasteiger partial charge in [0.2, 0.25) is 0 Å². The summed E-state index contributed by atoms with van der Waals surface area (Å²) in [6.45, 7) is 5.43. The Kier molecular flexibility index (Phi) is 5.08. The van der Waals surface area contributed by atoms with Crippen LogP contribution in [0.4, 0.5) is 5.69 Å². The van der Waals surface area contributed by atoms with Crippen LogP contribution in [0.15, 0.2) is 29.4 Å². The Morgan fingerprint density at radius 3 is 2.85 bits per heavy atom. The number of hydrogen-bond acceptors (Lipinski definition) is 5. The highest BCUT2D eigenvalue weighted by Gasteiger charge is 2.26. The molecule has 1 aliphatic heterocycles. The summed E-state index contributed by atoms with van der Waals surface area (Å²) >= 11 is 0. The van der Waals surface area contributed by atoms with E-state index in [0.29, 0.717) is 28.9 Å². The summed E-state index contributed by atoms with van der Waals surface area (Å²) in [5, 5.41) is 9.77. The summed E-state index contributed by atoms with van der Waals surface area (Å²) in [7, 11) is 0. The lowest BCUT2D eigenvalue weighted by molar-refractivity contribution is 0.0761. The first kappa shape index (κ1) is 17.7. The smallest absolute Gasteiger partial charge is 0.255 e. The molecule has 6 nitrogen and oxygen atoms in total. The second kappa shape index (κ2) is 7.44. The number of unbranched alkanes of at least 4 members (excludes halogenated alkanes) is 1. The molecule has 1 aromatic carbocycles. The fraction of sp³-hybridized carbons (Fsp3) is 0.350. The number of carbonyl (C=O) groups is 2. The number of ketones is 1. The van der Waals surface area contributed by atoms with Gasteiger partial charge in [0.05, 0.1) is 22.8 Å². The van der Waals surface area contributed by atoms with E-state index in [9.17, 15) is 9.59 Å². The molecule has 0 bridgehead atoms. The summed E-state index contributed by atoms with van der Waals surface area (Å²) in [5.74, 6) is -1.16. The Bertz CT molecular complexity index is 943. The van der Waals surface area contributed by atoms with E-state index in [4.69, 9.17) is 5.26 Å². The van der Waals surface area contributed by atoms with Crippen molar-refractivity contribution in [3.05, 3.63) is 35.5 Å². The third-order valence-electron chi connectivity index (χ3n) is 4.56. The summed E-state index contributed by atoms with van der Waals surface area (Å²) in [6.07, 6.45) is 4.89. The molecule has 6 heteroatoms. The number of fused-ring (bicyclic) bond motifs is 3. The predicted molar refractivity (Wildman–Crippen MR) is 99.8 cm³/mol. The Morgan fingerprint density at radius 1 is 1.35 bits per heavy atom. The standard InChI is InChI=1S/C20H20N4O2/c1-3-5-8-24(4-2)20(26)14-9-13-6-7-16-18(17(13)22-11-14)23-12-15(10-21)19(16)25/h6-7,9,11-12,15H,3-5,8H2,1-2H3. The van der Waals surface area contributed by atoms with Gasteiger partial charge in [0.1, 0.15) is 5.92 Å². The largest absolute Gasteiger partial charge is 0.339 e. The van der Waals surface area contributed by atoms with Crippen LogP contribution in [0.25, 0.3) is 10.9 Å². The zero-order chi connectivity index (χ0) is 18.7. The van der Waals surface area contributed by atoms with Crippen molar-refractivity contribution in [1.82, 2.24) is 9.88 Å². The molecule has 0 spiro atoms. The molecule has 26 heavy (non-hydrogen) atoms. The van der Waals surface area contributed by atoms with Crippen molar-refractivity contribution in [3.63, 3.8) is 0 Å². The van der Waals surface area contributed by atoms with E-state index < -0.39 is 5.92 Å². The van der Waals surface area contributed by atoms with E-state index in [0.717, 1.165) is 24.8 Å². The van der Waals surface area contributed by atoms with Gasteiger partial charge in [0.25, 0.3) is 5.91 Å². The van der Waals surface area contributed by atoms with Crippen LogP contribution in [0.1, 0.15) is 47.4 Å². The molecule has 0 N–H and O–H groups in total. The number of benzene rings is 1. The fourth-order valence-corrected chi connectivity index (χ4v) is 3.04. The summed E-state index contributed by atoms with van der Waals surface area (Å²) in [5.41, 5.74) is 1.96. The lowest BCUT2D eigenvalue weighted by atomic mass is 9.94. The van der Waals surface area contributed by atoms with Gasteiger partial charge in [-0.3, -0.25) is 19.6 Å². The van der Waals surface area contributed by atoms with Crippen molar-refractivity contribution in [1.29, 1.82) is 5.26 Å². The Hall–Kier alpha value is -3.07. The molecule has 3 rings (SSSR count). The van der Waals surface area contributed by atoms with Crippen molar-refractivity contribution in [2.75, 3.05) is 13.1 Å². The molecule has 2 aromatic rings. The molecule has 0 radical (unpaired) electrons. The number of aliphatic imine (C=N–C) groups is 1. The van der Waals surface area contributed by atoms with E-state index in [-0.39, 0.29) is 11.7 Å². The highest BCUT2D eigenvalue weighted by Crippen LogP contribution is 2.33. The summed E-state index contributed by atoms with van der Waals surface area (Å²) in [6, 6.07) is 7.14. The van der Waals surface area contributed by atoms with Crippen molar-refractivity contribution in [2.45, 2.75) is 26.7 Å². The highest BCUT2D eigenvalue weighted by molar-refractivity contribution is 6.17. The third kappa shape index (κ3) is 3.08. The zero-order valence-electron chi connectivity index (χ0n) is 14.9. The van der Waals surface area contributed by atoms with Crippen molar-refractivity contribution >= 4 is 34.5 Å². The molecular formula is C20H20N4O2. The molecule has 1 unspecified atom stereocenters. The minimum Gasteiger partial charge on any atom is -0.339 e. The molecule has 0 saturated heterocycles. The number of carbonyl (C=O) groups excluding carboxylic acids is 2. The Morgan fingerprint density at radius 2 is 2.15 bits per heavy atom. The number of nitriles is 1. The highest BCUT2D eigenvalue weighted by atomic mass is 16.2. The van der Waals surface area contributed by atoms with Gasteiger partial charge in [-0.05, 0) is 25.5 Å². The lowest BCUT2D eigenvalue weighted by Crippen LogP contribution is -2.31. The molecular weight excluding hydrogens is 328 g/mol. The van der Waals surface area contributed by atoms with Crippen LogP contribution in [0.5, 0.6) is 0 Å². The van der Waals surface area contributed by atoms with Crippen molar-refractivity contribution in [3.8, 4) is 6.07 Å². The van der Waals surface area contributed by atoms with E-state index >= 15 is 0 Å². The molecule has 0 fully saturated rings. The maximum absolute atomic E-state index is 12.7. The molecule has 1 aromatic heterocycles. The molecule has 1 atom stereocenters. The predicted octanol–water partition coefficient (Wildman–Crippen LogP) is 3.54. The van der Waals surface area contributed by atoms with Crippen LogP contribution < -0.4 is 0 Å². The zero-order valence-corrected chi connectivity index (χ0v) is 14.9. The van der Waals surface area contributed by atoms with Gasteiger partial charge in [0.15, 0.2) is 5.78 Å².